The van der Waals surface area contributed by atoms with Crippen molar-refractivity contribution in [3.8, 4) is 0 Å². The van der Waals surface area contributed by atoms with Gasteiger partial charge in [-0.2, -0.15) is 0 Å². The molecular formula is C17H24BrN3O4S. The standard InChI is InChI=1S/C17H24BrN3O4S/c1-16(2)7-17(8-16,10-22)9-19-26(24,25)14-6-13-12(5-11(14)18)20(3)15(23)21(13)4/h5-6,19,22H,7-10H2,1-4H3. The van der Waals surface area contributed by atoms with E-state index in [9.17, 15) is 18.3 Å². The third kappa shape index (κ3) is 3.15. The lowest BCUT2D eigenvalue weighted by atomic mass is 9.55. The Morgan fingerprint density at radius 1 is 1.19 bits per heavy atom. The van der Waals surface area contributed by atoms with E-state index in [2.05, 4.69) is 34.5 Å². The number of aliphatic hydroxyl groups is 1. The molecule has 0 spiro atoms. The van der Waals surface area contributed by atoms with Crippen LogP contribution in [0.5, 0.6) is 0 Å². The predicted molar refractivity (Wildman–Crippen MR) is 104 cm³/mol. The number of aryl methyl sites for hydroxylation is 2. The van der Waals surface area contributed by atoms with Crippen molar-refractivity contribution in [3.63, 3.8) is 0 Å². The number of halogens is 1. The molecule has 1 aromatic carbocycles. The van der Waals surface area contributed by atoms with Gasteiger partial charge in [-0.15, -0.1) is 0 Å². The zero-order valence-electron chi connectivity index (χ0n) is 15.3. The van der Waals surface area contributed by atoms with Crippen molar-refractivity contribution in [1.82, 2.24) is 13.9 Å². The van der Waals surface area contributed by atoms with Gasteiger partial charge in [-0.25, -0.2) is 17.9 Å². The van der Waals surface area contributed by atoms with Crippen molar-refractivity contribution in [1.29, 1.82) is 0 Å². The van der Waals surface area contributed by atoms with Gasteiger partial charge in [0.05, 0.1) is 15.9 Å². The molecule has 0 amide bonds. The van der Waals surface area contributed by atoms with Crippen LogP contribution in [0.25, 0.3) is 11.0 Å². The van der Waals surface area contributed by atoms with Crippen molar-refractivity contribution in [3.05, 3.63) is 27.1 Å². The summed E-state index contributed by atoms with van der Waals surface area (Å²) >= 11 is 3.31. The maximum atomic E-state index is 12.8. The van der Waals surface area contributed by atoms with Gasteiger partial charge in [-0.3, -0.25) is 9.13 Å². The summed E-state index contributed by atoms with van der Waals surface area (Å²) in [5.41, 5.74) is 0.687. The quantitative estimate of drug-likeness (QED) is 0.732. The molecule has 0 unspecified atom stereocenters. The van der Waals surface area contributed by atoms with E-state index in [-0.39, 0.29) is 29.2 Å². The molecule has 7 nitrogen and oxygen atoms in total. The van der Waals surface area contributed by atoms with Crippen LogP contribution < -0.4 is 10.4 Å². The highest BCUT2D eigenvalue weighted by molar-refractivity contribution is 9.10. The van der Waals surface area contributed by atoms with Crippen molar-refractivity contribution < 1.29 is 13.5 Å². The lowest BCUT2D eigenvalue weighted by Crippen LogP contribution is -2.52. The van der Waals surface area contributed by atoms with Crippen molar-refractivity contribution in [2.24, 2.45) is 24.9 Å². The van der Waals surface area contributed by atoms with E-state index in [1.165, 1.54) is 15.2 Å². The number of imidazole rings is 1. The molecule has 0 bridgehead atoms. The fourth-order valence-electron chi connectivity index (χ4n) is 4.30. The number of fused-ring (bicyclic) bond motifs is 1. The fourth-order valence-corrected chi connectivity index (χ4v) is 6.51. The van der Waals surface area contributed by atoms with Gasteiger partial charge >= 0.3 is 5.69 Å². The lowest BCUT2D eigenvalue weighted by molar-refractivity contribution is -0.0499. The van der Waals surface area contributed by atoms with Crippen LogP contribution >= 0.6 is 15.9 Å². The Labute approximate surface area is 161 Å². The number of aromatic nitrogens is 2. The predicted octanol–water partition coefficient (Wildman–Crippen LogP) is 1.72. The maximum Gasteiger partial charge on any atom is 0.328 e. The highest BCUT2D eigenvalue weighted by Gasteiger charge is 2.49. The van der Waals surface area contributed by atoms with Gasteiger partial charge in [0.1, 0.15) is 0 Å². The average Bonchev–Trinajstić information content (AvgIpc) is 2.74. The zero-order chi connectivity index (χ0) is 19.5. The maximum absolute atomic E-state index is 12.8. The van der Waals surface area contributed by atoms with Gasteiger partial charge in [0, 0.05) is 37.1 Å². The molecular weight excluding hydrogens is 422 g/mol. The molecule has 1 fully saturated rings. The Morgan fingerprint density at radius 2 is 1.73 bits per heavy atom. The van der Waals surface area contributed by atoms with Gasteiger partial charge in [-0.05, 0) is 46.3 Å². The summed E-state index contributed by atoms with van der Waals surface area (Å²) in [6.07, 6.45) is 1.54. The van der Waals surface area contributed by atoms with Crippen LogP contribution in [0.15, 0.2) is 26.3 Å². The molecule has 0 saturated heterocycles. The van der Waals surface area contributed by atoms with Crippen LogP contribution in [0.4, 0.5) is 0 Å². The minimum atomic E-state index is -3.79. The highest BCUT2D eigenvalue weighted by atomic mass is 79.9. The number of rotatable bonds is 5. The molecule has 1 aromatic heterocycles. The van der Waals surface area contributed by atoms with E-state index in [0.717, 1.165) is 12.8 Å². The summed E-state index contributed by atoms with van der Waals surface area (Å²) in [4.78, 5) is 12.2. The molecule has 1 saturated carbocycles. The monoisotopic (exact) mass is 445 g/mol. The number of nitrogens with zero attached hydrogens (tertiary/aromatic N) is 2. The van der Waals surface area contributed by atoms with Gasteiger partial charge in [0.25, 0.3) is 0 Å². The van der Waals surface area contributed by atoms with Gasteiger partial charge in [0.2, 0.25) is 10.0 Å². The second-order valence-corrected chi connectivity index (χ2v) is 10.8. The first-order valence-electron chi connectivity index (χ1n) is 8.37. The van der Waals surface area contributed by atoms with Crippen LogP contribution in [0.2, 0.25) is 0 Å². The van der Waals surface area contributed by atoms with Crippen LogP contribution in [0, 0.1) is 10.8 Å². The highest BCUT2D eigenvalue weighted by Crippen LogP contribution is 2.53. The van der Waals surface area contributed by atoms with E-state index >= 15 is 0 Å². The summed E-state index contributed by atoms with van der Waals surface area (Å²) in [5.74, 6) is 0. The third-order valence-electron chi connectivity index (χ3n) is 5.29. The van der Waals surface area contributed by atoms with Gasteiger partial charge in [0.15, 0.2) is 0 Å². The molecule has 9 heteroatoms. The number of hydrogen-bond donors (Lipinski definition) is 2. The SMILES string of the molecule is Cn1c(=O)n(C)c2cc(S(=O)(=O)NCC3(CO)CC(C)(C)C3)c(Br)cc21. The minimum Gasteiger partial charge on any atom is -0.396 e. The molecule has 26 heavy (non-hydrogen) atoms. The third-order valence-corrected chi connectivity index (χ3v) is 7.65. The number of benzene rings is 1. The molecule has 0 radical (unpaired) electrons. The van der Waals surface area contributed by atoms with Crippen molar-refractivity contribution in [2.45, 2.75) is 31.6 Å². The molecule has 3 rings (SSSR count). The van der Waals surface area contributed by atoms with Crippen molar-refractivity contribution >= 4 is 37.0 Å². The molecule has 2 aromatic rings. The normalized spacial score (nSPS) is 18.8. The average molecular weight is 446 g/mol. The Balaban J connectivity index is 1.94. The van der Waals surface area contributed by atoms with E-state index in [1.807, 2.05) is 0 Å². The summed E-state index contributed by atoms with van der Waals surface area (Å²) < 4.78 is 31.6. The summed E-state index contributed by atoms with van der Waals surface area (Å²) in [7, 11) is -0.536. The minimum absolute atomic E-state index is 0.0493. The number of sulfonamides is 1. The van der Waals surface area contributed by atoms with Gasteiger partial charge < -0.3 is 5.11 Å². The molecule has 1 heterocycles. The Morgan fingerprint density at radius 3 is 2.23 bits per heavy atom. The second-order valence-electron chi connectivity index (χ2n) is 8.17. The zero-order valence-corrected chi connectivity index (χ0v) is 17.7. The molecule has 2 N–H and O–H groups in total. The van der Waals surface area contributed by atoms with E-state index < -0.39 is 15.4 Å². The molecule has 1 aliphatic rings. The molecule has 0 aliphatic heterocycles. The Bertz CT molecular complexity index is 1030. The van der Waals surface area contributed by atoms with E-state index in [1.54, 1.807) is 20.2 Å². The molecule has 144 valence electrons. The smallest absolute Gasteiger partial charge is 0.328 e. The van der Waals surface area contributed by atoms with Crippen LogP contribution in [-0.2, 0) is 24.1 Å². The number of hydrogen-bond acceptors (Lipinski definition) is 4. The second kappa shape index (κ2) is 6.19. The van der Waals surface area contributed by atoms with Crippen molar-refractivity contribution in [2.75, 3.05) is 13.2 Å². The first kappa shape index (κ1) is 19.6. The summed E-state index contributed by atoms with van der Waals surface area (Å²) in [6, 6.07) is 3.14. The Kier molecular flexibility index (Phi) is 4.66. The fraction of sp³-hybridized carbons (Fsp3) is 0.588. The largest absolute Gasteiger partial charge is 0.396 e. The van der Waals surface area contributed by atoms with E-state index in [4.69, 9.17) is 0 Å². The topological polar surface area (TPSA) is 93.3 Å². The number of aliphatic hydroxyl groups excluding tert-OH is 1. The lowest BCUT2D eigenvalue weighted by Gasteiger charge is -2.52. The van der Waals surface area contributed by atoms with Gasteiger partial charge in [-0.1, -0.05) is 13.8 Å². The first-order valence-corrected chi connectivity index (χ1v) is 10.6. The van der Waals surface area contributed by atoms with Crippen LogP contribution in [-0.4, -0.2) is 35.8 Å². The Hall–Kier alpha value is -1.16. The summed E-state index contributed by atoms with van der Waals surface area (Å²) in [5, 5.41) is 9.72. The first-order chi connectivity index (χ1) is 11.9. The molecule has 0 atom stereocenters. The van der Waals surface area contributed by atoms with E-state index in [0.29, 0.717) is 15.5 Å². The van der Waals surface area contributed by atoms with Crippen LogP contribution in [0.3, 0.4) is 0 Å². The molecule has 1 aliphatic carbocycles. The number of nitrogens with one attached hydrogen (secondary N) is 1. The summed E-state index contributed by atoms with van der Waals surface area (Å²) in [6.45, 7) is 4.35. The van der Waals surface area contributed by atoms with Crippen LogP contribution in [0.1, 0.15) is 26.7 Å².